The van der Waals surface area contributed by atoms with Crippen LogP contribution in [0.25, 0.3) is 0 Å². The number of carbonyl (C=O) groups is 1. The molecule has 5 nitrogen and oxygen atoms in total. The van der Waals surface area contributed by atoms with Gasteiger partial charge < -0.3 is 4.74 Å². The standard InChI is InChI=1S/C18H17BrClNO4S/c1-2-26(23,24)21-8-7-12-9-13(3-5-16(12)21)17(22)11-25-18-6-4-14(20)10-15(18)19/h3-6,9-10H,2,7-8,11H2,1H3. The summed E-state index contributed by atoms with van der Waals surface area (Å²) in [5, 5.41) is 0.570. The van der Waals surface area contributed by atoms with E-state index < -0.39 is 10.0 Å². The van der Waals surface area contributed by atoms with Gasteiger partial charge in [0.1, 0.15) is 5.75 Å². The van der Waals surface area contributed by atoms with E-state index in [4.69, 9.17) is 16.3 Å². The second-order valence-electron chi connectivity index (χ2n) is 5.85. The fourth-order valence-corrected chi connectivity index (χ4v) is 4.76. The van der Waals surface area contributed by atoms with Gasteiger partial charge in [0.25, 0.3) is 0 Å². The SMILES string of the molecule is CCS(=O)(=O)N1CCc2cc(C(=O)COc3ccc(Cl)cc3Br)ccc21. The van der Waals surface area contributed by atoms with Crippen LogP contribution in [0.4, 0.5) is 5.69 Å². The van der Waals surface area contributed by atoms with Crippen molar-refractivity contribution in [3.63, 3.8) is 0 Å². The number of Topliss-reactive ketones (excluding diaryl/α,β-unsaturated/α-hetero) is 1. The number of hydrogen-bond donors (Lipinski definition) is 0. The molecule has 1 aliphatic heterocycles. The van der Waals surface area contributed by atoms with Gasteiger partial charge in [-0.15, -0.1) is 0 Å². The van der Waals surface area contributed by atoms with Crippen molar-refractivity contribution >= 4 is 49.0 Å². The highest BCUT2D eigenvalue weighted by molar-refractivity contribution is 9.10. The van der Waals surface area contributed by atoms with E-state index in [9.17, 15) is 13.2 Å². The number of fused-ring (bicyclic) bond motifs is 1. The number of anilines is 1. The number of halogens is 2. The Morgan fingerprint density at radius 2 is 2.04 bits per heavy atom. The summed E-state index contributed by atoms with van der Waals surface area (Å²) in [5.74, 6) is 0.410. The lowest BCUT2D eigenvalue weighted by Gasteiger charge is -2.18. The first kappa shape index (κ1) is 19.2. The highest BCUT2D eigenvalue weighted by atomic mass is 79.9. The Balaban J connectivity index is 1.74. The molecule has 1 heterocycles. The van der Waals surface area contributed by atoms with Gasteiger partial charge >= 0.3 is 0 Å². The van der Waals surface area contributed by atoms with E-state index in [0.29, 0.717) is 39.5 Å². The minimum Gasteiger partial charge on any atom is -0.484 e. The van der Waals surface area contributed by atoms with Crippen molar-refractivity contribution in [3.05, 3.63) is 57.0 Å². The van der Waals surface area contributed by atoms with Crippen LogP contribution in [-0.4, -0.2) is 33.1 Å². The Bertz CT molecular complexity index is 962. The van der Waals surface area contributed by atoms with Crippen LogP contribution in [0.15, 0.2) is 40.9 Å². The molecule has 0 aromatic heterocycles. The average Bonchev–Trinajstić information content (AvgIpc) is 3.04. The molecule has 138 valence electrons. The van der Waals surface area contributed by atoms with Crippen LogP contribution in [-0.2, 0) is 16.4 Å². The molecule has 0 spiro atoms. The molecule has 0 saturated heterocycles. The molecule has 2 aromatic rings. The lowest BCUT2D eigenvalue weighted by atomic mass is 10.1. The minimum atomic E-state index is -3.29. The van der Waals surface area contributed by atoms with Gasteiger partial charge in [0.2, 0.25) is 10.0 Å². The normalized spacial score (nSPS) is 13.6. The third-order valence-electron chi connectivity index (χ3n) is 4.21. The van der Waals surface area contributed by atoms with Gasteiger partial charge in [-0.3, -0.25) is 9.10 Å². The van der Waals surface area contributed by atoms with Crippen LogP contribution in [0.5, 0.6) is 5.75 Å². The zero-order valence-electron chi connectivity index (χ0n) is 14.0. The van der Waals surface area contributed by atoms with Crippen molar-refractivity contribution in [1.82, 2.24) is 0 Å². The Hall–Kier alpha value is -1.57. The van der Waals surface area contributed by atoms with Gasteiger partial charge in [-0.05, 0) is 71.2 Å². The summed E-state index contributed by atoms with van der Waals surface area (Å²) in [6.07, 6.45) is 0.597. The molecule has 0 unspecified atom stereocenters. The van der Waals surface area contributed by atoms with Crippen molar-refractivity contribution < 1.29 is 17.9 Å². The molecule has 0 saturated carbocycles. The number of nitrogens with zero attached hydrogens (tertiary/aromatic N) is 1. The second kappa shape index (κ2) is 7.58. The van der Waals surface area contributed by atoms with E-state index in [1.807, 2.05) is 0 Å². The maximum atomic E-state index is 12.4. The fourth-order valence-electron chi connectivity index (χ4n) is 2.81. The highest BCUT2D eigenvalue weighted by Gasteiger charge is 2.28. The third kappa shape index (κ3) is 3.89. The Labute approximate surface area is 166 Å². The minimum absolute atomic E-state index is 0.0525. The summed E-state index contributed by atoms with van der Waals surface area (Å²) in [7, 11) is -3.29. The van der Waals surface area contributed by atoms with E-state index in [0.717, 1.165) is 5.56 Å². The highest BCUT2D eigenvalue weighted by Crippen LogP contribution is 2.32. The van der Waals surface area contributed by atoms with Crippen LogP contribution in [0.1, 0.15) is 22.8 Å². The van der Waals surface area contributed by atoms with Crippen LogP contribution >= 0.6 is 27.5 Å². The smallest absolute Gasteiger partial charge is 0.234 e. The molecule has 0 amide bonds. The van der Waals surface area contributed by atoms with Gasteiger partial charge in [-0.25, -0.2) is 8.42 Å². The van der Waals surface area contributed by atoms with E-state index in [2.05, 4.69) is 15.9 Å². The lowest BCUT2D eigenvalue weighted by Crippen LogP contribution is -2.30. The molecule has 1 aliphatic rings. The van der Waals surface area contributed by atoms with Crippen LogP contribution in [0.3, 0.4) is 0 Å². The zero-order valence-corrected chi connectivity index (χ0v) is 17.2. The summed E-state index contributed by atoms with van der Waals surface area (Å²) >= 11 is 9.23. The quantitative estimate of drug-likeness (QED) is 0.612. The first-order valence-electron chi connectivity index (χ1n) is 8.06. The zero-order chi connectivity index (χ0) is 18.9. The molecule has 0 atom stereocenters. The van der Waals surface area contributed by atoms with Crippen molar-refractivity contribution in [2.45, 2.75) is 13.3 Å². The summed E-state index contributed by atoms with van der Waals surface area (Å²) in [5.41, 5.74) is 2.02. The number of carbonyl (C=O) groups excluding carboxylic acids is 1. The topological polar surface area (TPSA) is 63.7 Å². The molecule has 3 rings (SSSR count). The lowest BCUT2D eigenvalue weighted by molar-refractivity contribution is 0.0921. The van der Waals surface area contributed by atoms with Gasteiger partial charge in [0, 0.05) is 17.1 Å². The number of benzene rings is 2. The number of ketones is 1. The van der Waals surface area contributed by atoms with Crippen LogP contribution in [0.2, 0.25) is 5.02 Å². The molecule has 0 N–H and O–H groups in total. The molecule has 0 radical (unpaired) electrons. The van der Waals surface area contributed by atoms with Gasteiger partial charge in [0.15, 0.2) is 12.4 Å². The molecule has 26 heavy (non-hydrogen) atoms. The van der Waals surface area contributed by atoms with Gasteiger partial charge in [-0.2, -0.15) is 0 Å². The van der Waals surface area contributed by atoms with E-state index >= 15 is 0 Å². The summed E-state index contributed by atoms with van der Waals surface area (Å²) in [4.78, 5) is 12.4. The largest absolute Gasteiger partial charge is 0.484 e. The summed E-state index contributed by atoms with van der Waals surface area (Å²) < 4.78 is 31.9. The van der Waals surface area contributed by atoms with Crippen molar-refractivity contribution in [2.24, 2.45) is 0 Å². The molecule has 0 aliphatic carbocycles. The van der Waals surface area contributed by atoms with Crippen molar-refractivity contribution in [2.75, 3.05) is 23.2 Å². The second-order valence-corrected chi connectivity index (χ2v) is 9.33. The van der Waals surface area contributed by atoms with E-state index in [-0.39, 0.29) is 18.1 Å². The Morgan fingerprint density at radius 3 is 2.73 bits per heavy atom. The van der Waals surface area contributed by atoms with E-state index in [1.165, 1.54) is 4.31 Å². The molecule has 0 bridgehead atoms. The summed E-state index contributed by atoms with van der Waals surface area (Å²) in [6.45, 7) is 1.92. The maximum absolute atomic E-state index is 12.4. The Morgan fingerprint density at radius 1 is 1.27 bits per heavy atom. The van der Waals surface area contributed by atoms with Gasteiger partial charge in [-0.1, -0.05) is 11.6 Å². The van der Waals surface area contributed by atoms with Crippen LogP contribution < -0.4 is 9.04 Å². The van der Waals surface area contributed by atoms with Crippen LogP contribution in [0, 0.1) is 0 Å². The predicted octanol–water partition coefficient (Wildman–Crippen LogP) is 4.08. The molecular weight excluding hydrogens is 442 g/mol. The Kier molecular flexibility index (Phi) is 5.60. The number of ether oxygens (including phenoxy) is 1. The van der Waals surface area contributed by atoms with Crippen molar-refractivity contribution in [3.8, 4) is 5.75 Å². The average molecular weight is 459 g/mol. The number of rotatable bonds is 6. The first-order valence-corrected chi connectivity index (χ1v) is 10.8. The van der Waals surface area contributed by atoms with Gasteiger partial charge in [0.05, 0.1) is 15.9 Å². The summed E-state index contributed by atoms with van der Waals surface area (Å²) in [6, 6.07) is 10.2. The fraction of sp³-hybridized carbons (Fsp3) is 0.278. The number of sulfonamides is 1. The monoisotopic (exact) mass is 457 g/mol. The van der Waals surface area contributed by atoms with Crippen molar-refractivity contribution in [1.29, 1.82) is 0 Å². The predicted molar refractivity (Wildman–Crippen MR) is 106 cm³/mol. The molecule has 8 heteroatoms. The van der Waals surface area contributed by atoms with E-state index in [1.54, 1.807) is 43.3 Å². The maximum Gasteiger partial charge on any atom is 0.234 e. The molecule has 2 aromatic carbocycles. The first-order chi connectivity index (χ1) is 12.3. The third-order valence-corrected chi connectivity index (χ3v) is 6.84. The molecule has 0 fully saturated rings. The number of hydrogen-bond acceptors (Lipinski definition) is 4. The molecular formula is C18H17BrClNO4S.